The van der Waals surface area contributed by atoms with Gasteiger partial charge in [0, 0.05) is 25.8 Å². The van der Waals surface area contributed by atoms with E-state index in [1.165, 1.54) is 0 Å². The molecule has 0 bridgehead atoms. The Morgan fingerprint density at radius 1 is 1.50 bits per heavy atom. The highest BCUT2D eigenvalue weighted by Crippen LogP contribution is 2.23. The first kappa shape index (κ1) is 15.5. The molecule has 2 rings (SSSR count). The van der Waals surface area contributed by atoms with Gasteiger partial charge < -0.3 is 9.64 Å². The number of hydrogen-bond acceptors (Lipinski definition) is 6. The molecule has 0 amide bonds. The van der Waals surface area contributed by atoms with Crippen LogP contribution in [0.15, 0.2) is 6.07 Å². The van der Waals surface area contributed by atoms with E-state index in [9.17, 15) is 8.42 Å². The van der Waals surface area contributed by atoms with Gasteiger partial charge in [-0.05, 0) is 13.3 Å². The van der Waals surface area contributed by atoms with E-state index in [1.54, 1.807) is 6.07 Å². The molecule has 8 heteroatoms. The van der Waals surface area contributed by atoms with Gasteiger partial charge in [0.05, 0.1) is 11.5 Å². The average molecular weight is 320 g/mol. The third-order valence-electron chi connectivity index (χ3n) is 3.28. The first-order valence-corrected chi connectivity index (χ1v) is 8.65. The van der Waals surface area contributed by atoms with Crippen molar-refractivity contribution in [2.24, 2.45) is 0 Å². The van der Waals surface area contributed by atoms with Crippen molar-refractivity contribution in [1.29, 1.82) is 0 Å². The summed E-state index contributed by atoms with van der Waals surface area (Å²) < 4.78 is 28.4. The van der Waals surface area contributed by atoms with Crippen LogP contribution in [0.1, 0.15) is 19.2 Å². The summed E-state index contributed by atoms with van der Waals surface area (Å²) in [7, 11) is -1.10. The molecule has 0 N–H and O–H groups in total. The molecule has 112 valence electrons. The monoisotopic (exact) mass is 319 g/mol. The number of anilines is 1. The number of hydrogen-bond donors (Lipinski definition) is 0. The Bertz CT molecular complexity index is 579. The number of halogens is 1. The van der Waals surface area contributed by atoms with Crippen molar-refractivity contribution in [3.05, 3.63) is 17.0 Å². The first-order valence-electron chi connectivity index (χ1n) is 6.45. The molecule has 1 aromatic rings. The van der Waals surface area contributed by atoms with Crippen LogP contribution in [0.3, 0.4) is 0 Å². The van der Waals surface area contributed by atoms with Gasteiger partial charge in [-0.1, -0.05) is 11.6 Å². The Hall–Kier alpha value is -0.920. The van der Waals surface area contributed by atoms with Gasteiger partial charge >= 0.3 is 0 Å². The molecule has 1 aliphatic heterocycles. The first-order chi connectivity index (χ1) is 9.41. The smallest absolute Gasteiger partial charge is 0.158 e. The standard InChI is InChI=1S/C12H18ClN3O3S/c1-3-19-7-11-14-10(13)6-12(15-11)16(2)9-4-5-20(17,18)8-9/h6,9H,3-5,7-8H2,1-2H3. The molecule has 1 fully saturated rings. The second-order valence-corrected chi connectivity index (χ2v) is 7.39. The minimum absolute atomic E-state index is 0.0640. The van der Waals surface area contributed by atoms with Gasteiger partial charge in [-0.25, -0.2) is 18.4 Å². The number of ether oxygens (including phenoxy) is 1. The lowest BCUT2D eigenvalue weighted by Crippen LogP contribution is -2.33. The third kappa shape index (κ3) is 3.80. The predicted octanol–water partition coefficient (Wildman–Crippen LogP) is 1.29. The fraction of sp³-hybridized carbons (Fsp3) is 0.667. The van der Waals surface area contributed by atoms with E-state index >= 15 is 0 Å². The molecular formula is C12H18ClN3O3S. The molecule has 1 aromatic heterocycles. The van der Waals surface area contributed by atoms with Gasteiger partial charge in [0.2, 0.25) is 0 Å². The molecule has 2 heterocycles. The molecule has 20 heavy (non-hydrogen) atoms. The van der Waals surface area contributed by atoms with E-state index < -0.39 is 9.84 Å². The molecule has 0 aliphatic carbocycles. The van der Waals surface area contributed by atoms with Crippen molar-refractivity contribution in [3.8, 4) is 0 Å². The quantitative estimate of drug-likeness (QED) is 0.762. The molecule has 0 aromatic carbocycles. The van der Waals surface area contributed by atoms with Crippen LogP contribution in [-0.2, 0) is 21.2 Å². The normalized spacial score (nSPS) is 21.1. The average Bonchev–Trinajstić information content (AvgIpc) is 2.75. The Morgan fingerprint density at radius 3 is 2.85 bits per heavy atom. The van der Waals surface area contributed by atoms with E-state index in [0.29, 0.717) is 36.4 Å². The summed E-state index contributed by atoms with van der Waals surface area (Å²) in [5.41, 5.74) is 0. The highest BCUT2D eigenvalue weighted by atomic mass is 35.5. The van der Waals surface area contributed by atoms with E-state index in [1.807, 2.05) is 18.9 Å². The summed E-state index contributed by atoms with van der Waals surface area (Å²) in [6.07, 6.45) is 0.612. The summed E-state index contributed by atoms with van der Waals surface area (Å²) in [6.45, 7) is 2.75. The van der Waals surface area contributed by atoms with Gasteiger partial charge in [0.15, 0.2) is 15.7 Å². The van der Waals surface area contributed by atoms with Crippen LogP contribution >= 0.6 is 11.6 Å². The molecule has 1 aliphatic rings. The second-order valence-electron chi connectivity index (χ2n) is 4.77. The highest BCUT2D eigenvalue weighted by molar-refractivity contribution is 7.91. The van der Waals surface area contributed by atoms with Crippen molar-refractivity contribution in [2.45, 2.75) is 26.0 Å². The summed E-state index contributed by atoms with van der Waals surface area (Å²) in [4.78, 5) is 10.3. The SMILES string of the molecule is CCOCc1nc(Cl)cc(N(C)C2CCS(=O)(=O)C2)n1. The van der Waals surface area contributed by atoms with Gasteiger partial charge in [-0.3, -0.25) is 0 Å². The molecule has 0 saturated carbocycles. The van der Waals surface area contributed by atoms with Gasteiger partial charge in [-0.2, -0.15) is 0 Å². The van der Waals surface area contributed by atoms with Gasteiger partial charge in [0.25, 0.3) is 0 Å². The maximum atomic E-state index is 11.5. The van der Waals surface area contributed by atoms with E-state index in [2.05, 4.69) is 9.97 Å². The van der Waals surface area contributed by atoms with Gasteiger partial charge in [-0.15, -0.1) is 0 Å². The summed E-state index contributed by atoms with van der Waals surface area (Å²) in [6, 6.07) is 1.58. The lowest BCUT2D eigenvalue weighted by atomic mass is 10.2. The lowest BCUT2D eigenvalue weighted by molar-refractivity contribution is 0.128. The highest BCUT2D eigenvalue weighted by Gasteiger charge is 2.31. The van der Waals surface area contributed by atoms with Crippen molar-refractivity contribution >= 4 is 27.3 Å². The zero-order valence-corrected chi connectivity index (χ0v) is 13.1. The number of sulfone groups is 1. The van der Waals surface area contributed by atoms with Crippen LogP contribution in [0, 0.1) is 0 Å². The maximum absolute atomic E-state index is 11.5. The van der Waals surface area contributed by atoms with Crippen molar-refractivity contribution < 1.29 is 13.2 Å². The van der Waals surface area contributed by atoms with Crippen LogP contribution < -0.4 is 4.90 Å². The van der Waals surface area contributed by atoms with Crippen LogP contribution in [0.5, 0.6) is 0 Å². The van der Waals surface area contributed by atoms with Crippen LogP contribution in [0.2, 0.25) is 5.15 Å². The zero-order valence-electron chi connectivity index (χ0n) is 11.5. The molecule has 0 radical (unpaired) electrons. The summed E-state index contributed by atoms with van der Waals surface area (Å²) >= 11 is 5.98. The molecular weight excluding hydrogens is 302 g/mol. The fourth-order valence-electron chi connectivity index (χ4n) is 2.16. The Labute approximate surface area is 124 Å². The third-order valence-corrected chi connectivity index (χ3v) is 5.22. The summed E-state index contributed by atoms with van der Waals surface area (Å²) in [5.74, 6) is 1.52. The minimum atomic E-state index is -2.93. The Kier molecular flexibility index (Phi) is 4.82. The maximum Gasteiger partial charge on any atom is 0.158 e. The van der Waals surface area contributed by atoms with E-state index in [-0.39, 0.29) is 17.5 Å². The largest absolute Gasteiger partial charge is 0.374 e. The van der Waals surface area contributed by atoms with Crippen molar-refractivity contribution in [1.82, 2.24) is 9.97 Å². The van der Waals surface area contributed by atoms with Crippen LogP contribution in [0.25, 0.3) is 0 Å². The van der Waals surface area contributed by atoms with Crippen LogP contribution in [-0.4, -0.2) is 49.6 Å². The zero-order chi connectivity index (χ0) is 14.8. The molecule has 6 nitrogen and oxygen atoms in total. The molecule has 0 spiro atoms. The lowest BCUT2D eigenvalue weighted by Gasteiger charge is -2.24. The van der Waals surface area contributed by atoms with Crippen molar-refractivity contribution in [2.75, 3.05) is 30.1 Å². The Morgan fingerprint density at radius 2 is 2.25 bits per heavy atom. The predicted molar refractivity (Wildman–Crippen MR) is 77.8 cm³/mol. The Balaban J connectivity index is 2.17. The minimum Gasteiger partial charge on any atom is -0.374 e. The number of rotatable bonds is 5. The molecule has 1 saturated heterocycles. The summed E-state index contributed by atoms with van der Waals surface area (Å²) in [5, 5.41) is 0.331. The van der Waals surface area contributed by atoms with Crippen LogP contribution in [0.4, 0.5) is 5.82 Å². The van der Waals surface area contributed by atoms with Crippen molar-refractivity contribution in [3.63, 3.8) is 0 Å². The fourth-order valence-corrected chi connectivity index (χ4v) is 4.13. The number of aromatic nitrogens is 2. The number of nitrogens with zero attached hydrogens (tertiary/aromatic N) is 3. The second kappa shape index (κ2) is 6.24. The van der Waals surface area contributed by atoms with E-state index in [4.69, 9.17) is 16.3 Å². The molecule has 1 atom stereocenters. The topological polar surface area (TPSA) is 72.4 Å². The van der Waals surface area contributed by atoms with E-state index in [0.717, 1.165) is 0 Å². The molecule has 1 unspecified atom stereocenters. The van der Waals surface area contributed by atoms with Gasteiger partial charge in [0.1, 0.15) is 17.6 Å².